The number of methoxy groups -OCH3 is 1. The Bertz CT molecular complexity index is 434. The summed E-state index contributed by atoms with van der Waals surface area (Å²) in [6.45, 7) is 1.16. The highest BCUT2D eigenvalue weighted by Crippen LogP contribution is 2.33. The number of nitrogens with two attached hydrogens (primary N) is 1. The van der Waals surface area contributed by atoms with Gasteiger partial charge in [0.1, 0.15) is 5.75 Å². The molecule has 2 heterocycles. The second-order valence-electron chi connectivity index (χ2n) is 6.31. The number of piperidine rings is 2. The molecular weight excluding hydrogens is 248 g/mol. The molecule has 2 aliphatic rings. The van der Waals surface area contributed by atoms with Crippen LogP contribution in [0.25, 0.3) is 0 Å². The second kappa shape index (κ2) is 6.15. The van der Waals surface area contributed by atoms with E-state index in [1.807, 2.05) is 6.07 Å². The van der Waals surface area contributed by atoms with Crippen LogP contribution in [0.15, 0.2) is 24.3 Å². The first kappa shape index (κ1) is 13.9. The van der Waals surface area contributed by atoms with Crippen molar-refractivity contribution < 1.29 is 4.74 Å². The Hall–Kier alpha value is -1.06. The smallest absolute Gasteiger partial charge is 0.119 e. The predicted octanol–water partition coefficient (Wildman–Crippen LogP) is 2.58. The van der Waals surface area contributed by atoms with Crippen molar-refractivity contribution in [1.29, 1.82) is 0 Å². The Morgan fingerprint density at radius 3 is 2.70 bits per heavy atom. The third-order valence-electron chi connectivity index (χ3n) is 4.96. The summed E-state index contributed by atoms with van der Waals surface area (Å²) >= 11 is 0. The van der Waals surface area contributed by atoms with Crippen LogP contribution < -0.4 is 10.5 Å². The molecule has 2 atom stereocenters. The fraction of sp³-hybridized carbons (Fsp3) is 0.647. The monoisotopic (exact) mass is 274 g/mol. The van der Waals surface area contributed by atoms with Crippen molar-refractivity contribution in [3.63, 3.8) is 0 Å². The first-order valence-electron chi connectivity index (χ1n) is 7.90. The summed E-state index contributed by atoms with van der Waals surface area (Å²) in [6, 6.07) is 10.3. The van der Waals surface area contributed by atoms with E-state index in [1.54, 1.807) is 7.11 Å². The van der Waals surface area contributed by atoms with Crippen LogP contribution in [0.5, 0.6) is 5.75 Å². The first-order chi connectivity index (χ1) is 9.76. The minimum absolute atomic E-state index is 0.429. The van der Waals surface area contributed by atoms with Gasteiger partial charge in [-0.3, -0.25) is 4.90 Å². The molecule has 1 aromatic rings. The lowest BCUT2D eigenvalue weighted by Crippen LogP contribution is -2.55. The molecule has 3 heteroatoms. The second-order valence-corrected chi connectivity index (χ2v) is 6.31. The zero-order valence-corrected chi connectivity index (χ0v) is 12.4. The quantitative estimate of drug-likeness (QED) is 0.917. The lowest BCUT2D eigenvalue weighted by atomic mass is 9.82. The van der Waals surface area contributed by atoms with E-state index in [-0.39, 0.29) is 0 Å². The zero-order valence-electron chi connectivity index (χ0n) is 12.4. The summed E-state index contributed by atoms with van der Waals surface area (Å²) in [6.07, 6.45) is 7.55. The van der Waals surface area contributed by atoms with Crippen molar-refractivity contribution >= 4 is 0 Å². The SMILES string of the molecule is COc1cccc(CCN2C3CCCC2CC(N)C3)c1. The molecule has 2 aliphatic heterocycles. The minimum atomic E-state index is 0.429. The number of nitrogens with zero attached hydrogens (tertiary/aromatic N) is 1. The van der Waals surface area contributed by atoms with E-state index in [0.717, 1.165) is 30.8 Å². The summed E-state index contributed by atoms with van der Waals surface area (Å²) in [7, 11) is 1.73. The average Bonchev–Trinajstić information content (AvgIpc) is 2.45. The lowest BCUT2D eigenvalue weighted by molar-refractivity contribution is 0.0327. The summed E-state index contributed by atoms with van der Waals surface area (Å²) in [5, 5.41) is 0. The zero-order chi connectivity index (χ0) is 13.9. The van der Waals surface area contributed by atoms with Gasteiger partial charge in [0.25, 0.3) is 0 Å². The maximum absolute atomic E-state index is 6.19. The normalized spacial score (nSPS) is 30.2. The topological polar surface area (TPSA) is 38.5 Å². The molecular formula is C17H26N2O. The Balaban J connectivity index is 1.62. The Labute approximate surface area is 122 Å². The van der Waals surface area contributed by atoms with Crippen LogP contribution in [0.1, 0.15) is 37.7 Å². The molecule has 2 bridgehead atoms. The van der Waals surface area contributed by atoms with E-state index in [9.17, 15) is 0 Å². The molecule has 1 aromatic carbocycles. The van der Waals surface area contributed by atoms with Gasteiger partial charge in [-0.25, -0.2) is 0 Å². The molecule has 3 rings (SSSR count). The van der Waals surface area contributed by atoms with Crippen molar-refractivity contribution in [2.24, 2.45) is 5.73 Å². The van der Waals surface area contributed by atoms with Crippen LogP contribution in [0.3, 0.4) is 0 Å². The van der Waals surface area contributed by atoms with Crippen molar-refractivity contribution in [3.05, 3.63) is 29.8 Å². The highest BCUT2D eigenvalue weighted by atomic mass is 16.5. The van der Waals surface area contributed by atoms with Gasteiger partial charge in [-0.2, -0.15) is 0 Å². The molecule has 2 N–H and O–H groups in total. The van der Waals surface area contributed by atoms with Gasteiger partial charge in [-0.1, -0.05) is 18.6 Å². The van der Waals surface area contributed by atoms with E-state index in [4.69, 9.17) is 10.5 Å². The molecule has 0 aliphatic carbocycles. The van der Waals surface area contributed by atoms with E-state index in [2.05, 4.69) is 23.1 Å². The maximum Gasteiger partial charge on any atom is 0.119 e. The molecule has 2 unspecified atom stereocenters. The van der Waals surface area contributed by atoms with Crippen LogP contribution in [-0.4, -0.2) is 36.7 Å². The van der Waals surface area contributed by atoms with E-state index < -0.39 is 0 Å². The largest absolute Gasteiger partial charge is 0.497 e. The van der Waals surface area contributed by atoms with Crippen LogP contribution in [-0.2, 0) is 6.42 Å². The molecule has 0 radical (unpaired) electrons. The minimum Gasteiger partial charge on any atom is -0.497 e. The van der Waals surface area contributed by atoms with Crippen molar-refractivity contribution in [3.8, 4) is 5.75 Å². The van der Waals surface area contributed by atoms with Gasteiger partial charge in [-0.15, -0.1) is 0 Å². The first-order valence-corrected chi connectivity index (χ1v) is 7.90. The Morgan fingerprint density at radius 1 is 1.25 bits per heavy atom. The molecule has 20 heavy (non-hydrogen) atoms. The number of ether oxygens (including phenoxy) is 1. The third-order valence-corrected chi connectivity index (χ3v) is 4.96. The third kappa shape index (κ3) is 2.99. The molecule has 0 amide bonds. The number of benzene rings is 1. The fourth-order valence-corrected chi connectivity index (χ4v) is 3.97. The number of hydrogen-bond acceptors (Lipinski definition) is 3. The molecule has 0 aromatic heterocycles. The number of hydrogen-bond donors (Lipinski definition) is 1. The lowest BCUT2D eigenvalue weighted by Gasteiger charge is -2.48. The molecule has 0 spiro atoms. The standard InChI is InChI=1S/C17H26N2O/c1-20-17-7-2-4-13(10-17)8-9-19-15-5-3-6-16(19)12-14(18)11-15/h2,4,7,10,14-16H,3,5-6,8-9,11-12,18H2,1H3. The van der Waals surface area contributed by atoms with Gasteiger partial charge in [0, 0.05) is 24.7 Å². The summed E-state index contributed by atoms with van der Waals surface area (Å²) in [4.78, 5) is 2.73. The Kier molecular flexibility index (Phi) is 4.27. The molecule has 3 nitrogen and oxygen atoms in total. The van der Waals surface area contributed by atoms with Crippen LogP contribution >= 0.6 is 0 Å². The summed E-state index contributed by atoms with van der Waals surface area (Å²) in [5.74, 6) is 0.961. The average molecular weight is 274 g/mol. The van der Waals surface area contributed by atoms with Gasteiger partial charge in [0.15, 0.2) is 0 Å². The van der Waals surface area contributed by atoms with Crippen molar-refractivity contribution in [2.75, 3.05) is 13.7 Å². The maximum atomic E-state index is 6.19. The summed E-state index contributed by atoms with van der Waals surface area (Å²) < 4.78 is 5.31. The fourth-order valence-electron chi connectivity index (χ4n) is 3.97. The molecule has 110 valence electrons. The van der Waals surface area contributed by atoms with Crippen LogP contribution in [0.4, 0.5) is 0 Å². The van der Waals surface area contributed by atoms with Crippen LogP contribution in [0, 0.1) is 0 Å². The van der Waals surface area contributed by atoms with Gasteiger partial charge in [0.2, 0.25) is 0 Å². The van der Waals surface area contributed by atoms with Gasteiger partial charge >= 0.3 is 0 Å². The Morgan fingerprint density at radius 2 is 2.00 bits per heavy atom. The molecule has 2 fully saturated rings. The van der Waals surface area contributed by atoms with Gasteiger partial charge in [-0.05, 0) is 49.8 Å². The van der Waals surface area contributed by atoms with Crippen molar-refractivity contribution in [1.82, 2.24) is 4.90 Å². The van der Waals surface area contributed by atoms with E-state index in [0.29, 0.717) is 6.04 Å². The summed E-state index contributed by atoms with van der Waals surface area (Å²) in [5.41, 5.74) is 7.56. The van der Waals surface area contributed by atoms with Gasteiger partial charge in [0.05, 0.1) is 7.11 Å². The molecule has 0 saturated carbocycles. The predicted molar refractivity (Wildman–Crippen MR) is 82.0 cm³/mol. The molecule has 2 saturated heterocycles. The van der Waals surface area contributed by atoms with Crippen molar-refractivity contribution in [2.45, 2.75) is 56.7 Å². The van der Waals surface area contributed by atoms with E-state index in [1.165, 1.54) is 37.7 Å². The highest BCUT2D eigenvalue weighted by Gasteiger charge is 2.36. The van der Waals surface area contributed by atoms with Crippen LogP contribution in [0.2, 0.25) is 0 Å². The number of fused-ring (bicyclic) bond motifs is 2. The number of rotatable bonds is 4. The van der Waals surface area contributed by atoms with Gasteiger partial charge < -0.3 is 10.5 Å². The van der Waals surface area contributed by atoms with E-state index >= 15 is 0 Å². The highest BCUT2D eigenvalue weighted by molar-refractivity contribution is 5.28.